The normalized spacial score (nSPS) is 16.5. The van der Waals surface area contributed by atoms with Crippen LogP contribution < -0.4 is 14.8 Å². The fourth-order valence-corrected chi connectivity index (χ4v) is 9.35. The van der Waals surface area contributed by atoms with Crippen molar-refractivity contribution in [2.45, 2.75) is 62.2 Å². The van der Waals surface area contributed by atoms with Gasteiger partial charge in [-0.3, -0.25) is 18.5 Å². The first kappa shape index (κ1) is 57.5. The van der Waals surface area contributed by atoms with E-state index >= 15 is 0 Å². The second kappa shape index (κ2) is 28.7. The molecule has 1 unspecified atom stereocenters. The largest absolute Gasteiger partial charge is 0.481 e. The average Bonchev–Trinajstić information content (AvgIpc) is 3.50. The number of fused-ring (bicyclic) bond motifs is 2. The lowest BCUT2D eigenvalue weighted by Crippen LogP contribution is -2.35. The summed E-state index contributed by atoms with van der Waals surface area (Å²) in [6.45, 7) is 7.53. The van der Waals surface area contributed by atoms with E-state index in [1.165, 1.54) is 18.4 Å². The van der Waals surface area contributed by atoms with Crippen LogP contribution in [-0.2, 0) is 69.0 Å². The van der Waals surface area contributed by atoms with Crippen LogP contribution in [0, 0.1) is 0 Å². The monoisotopic (exact) mass is 1030 g/mol. The summed E-state index contributed by atoms with van der Waals surface area (Å²) in [5.74, 6) is -1.34. The van der Waals surface area contributed by atoms with Crippen LogP contribution in [0.15, 0.2) is 75.9 Å². The van der Waals surface area contributed by atoms with Crippen molar-refractivity contribution in [3.05, 3.63) is 83.1 Å². The van der Waals surface area contributed by atoms with E-state index in [9.17, 15) is 43.7 Å². The first-order valence-corrected chi connectivity index (χ1v) is 27.4. The highest BCUT2D eigenvalue weighted by Gasteiger charge is 2.43. The van der Waals surface area contributed by atoms with Crippen LogP contribution in [0.25, 0.3) is 17.4 Å². The predicted octanol–water partition coefficient (Wildman–Crippen LogP) is 4.40. The minimum atomic E-state index is -4.61. The number of nitrogens with zero attached hydrogens (tertiary/aromatic N) is 2. The van der Waals surface area contributed by atoms with Crippen LogP contribution in [0.5, 0.6) is 0 Å². The molecule has 0 bridgehead atoms. The van der Waals surface area contributed by atoms with Gasteiger partial charge in [-0.15, -0.1) is 0 Å². The molecule has 1 aromatic carbocycles. The van der Waals surface area contributed by atoms with Crippen molar-refractivity contribution in [2.24, 2.45) is 0 Å². The lowest BCUT2D eigenvalue weighted by atomic mass is 9.77. The highest BCUT2D eigenvalue weighted by atomic mass is 32.2. The van der Waals surface area contributed by atoms with E-state index in [2.05, 4.69) is 0 Å². The molecule has 1 aliphatic carbocycles. The van der Waals surface area contributed by atoms with Crippen molar-refractivity contribution < 1.29 is 81.7 Å². The average molecular weight is 1030 g/mol. The van der Waals surface area contributed by atoms with Crippen LogP contribution in [-0.4, -0.2) is 161 Å². The van der Waals surface area contributed by atoms with Crippen LogP contribution in [0.3, 0.4) is 0 Å². The summed E-state index contributed by atoms with van der Waals surface area (Å²) in [5.41, 5.74) is 2.37. The zero-order chi connectivity index (χ0) is 50.3. The Bertz CT molecular complexity index is 2530. The Kier molecular flexibility index (Phi) is 23.9. The number of unbranched alkanes of at least 4 members (excludes halogenated alkanes) is 2. The molecule has 0 fully saturated rings. The van der Waals surface area contributed by atoms with Crippen molar-refractivity contribution in [3.63, 3.8) is 0 Å². The van der Waals surface area contributed by atoms with E-state index < -0.39 is 53.2 Å². The number of anilines is 1. The number of methoxy groups -OCH3 is 1. The molecule has 20 nitrogen and oxygen atoms in total. The van der Waals surface area contributed by atoms with Crippen LogP contribution in [0.2, 0.25) is 0 Å². The van der Waals surface area contributed by atoms with E-state index in [0.29, 0.717) is 128 Å². The van der Waals surface area contributed by atoms with Gasteiger partial charge in [0.05, 0.1) is 94.8 Å². The molecule has 0 spiro atoms. The summed E-state index contributed by atoms with van der Waals surface area (Å²) < 4.78 is 141. The van der Waals surface area contributed by atoms with Gasteiger partial charge in [-0.2, -0.15) is 25.3 Å². The number of benzene rings is 2. The van der Waals surface area contributed by atoms with Gasteiger partial charge >= 0.3 is 5.97 Å². The summed E-state index contributed by atoms with van der Waals surface area (Å²) in [7, 11) is -11.5. The lowest BCUT2D eigenvalue weighted by molar-refractivity contribution is -0.137. The molecule has 0 amide bonds. The number of hydrogen-bond donors (Lipinski definition) is 4. The van der Waals surface area contributed by atoms with E-state index in [4.69, 9.17) is 37.9 Å². The van der Waals surface area contributed by atoms with Gasteiger partial charge in [0.1, 0.15) is 18.9 Å². The van der Waals surface area contributed by atoms with Gasteiger partial charge in [-0.05, 0) is 80.1 Å². The molecular weight excluding hydrogens is 965 g/mol. The summed E-state index contributed by atoms with van der Waals surface area (Å²) >= 11 is 0. The third-order valence-electron chi connectivity index (χ3n) is 11.2. The molecule has 0 aromatic heterocycles. The molecule has 2 aliphatic heterocycles. The lowest BCUT2D eigenvalue weighted by Gasteiger charge is -2.30. The summed E-state index contributed by atoms with van der Waals surface area (Å²) in [6.07, 6.45) is 9.02. The van der Waals surface area contributed by atoms with Crippen molar-refractivity contribution in [2.75, 3.05) is 116 Å². The summed E-state index contributed by atoms with van der Waals surface area (Å²) in [6, 6.07) is 11.6. The van der Waals surface area contributed by atoms with Gasteiger partial charge in [0.15, 0.2) is 6.54 Å². The van der Waals surface area contributed by atoms with Gasteiger partial charge in [0.2, 0.25) is 5.36 Å². The Balaban J connectivity index is 1.51. The fraction of sp³-hybridized carbons (Fsp3) is 0.565. The molecule has 3 aliphatic rings. The minimum absolute atomic E-state index is 0.00612. The fourth-order valence-electron chi connectivity index (χ4n) is 7.84. The molecule has 23 heteroatoms. The van der Waals surface area contributed by atoms with Crippen molar-refractivity contribution >= 4 is 48.1 Å². The second-order valence-corrected chi connectivity index (χ2v) is 20.9. The first-order chi connectivity index (χ1) is 32.8. The maximum Gasteiger partial charge on any atom is 0.303 e. The molecule has 69 heavy (non-hydrogen) atoms. The molecule has 2 heterocycles. The van der Waals surface area contributed by atoms with E-state index in [0.717, 1.165) is 16.5 Å². The van der Waals surface area contributed by atoms with Gasteiger partial charge in [0, 0.05) is 54.9 Å². The third-order valence-corrected chi connectivity index (χ3v) is 13.7. The number of rotatable bonds is 35. The Morgan fingerprint density at radius 1 is 0.725 bits per heavy atom. The Hall–Kier alpha value is -4.11. The third kappa shape index (κ3) is 20.3. The van der Waals surface area contributed by atoms with Crippen LogP contribution >= 0.6 is 0 Å². The molecule has 0 saturated carbocycles. The quantitative estimate of drug-likeness (QED) is 0.0361. The molecule has 4 N–H and O–H groups in total. The van der Waals surface area contributed by atoms with Gasteiger partial charge in [-0.25, -0.2) is 4.58 Å². The number of carbonyl (C=O) groups is 1. The Morgan fingerprint density at radius 2 is 1.33 bits per heavy atom. The van der Waals surface area contributed by atoms with Crippen LogP contribution in [0.1, 0.15) is 63.0 Å². The number of carboxylic acids is 1. The van der Waals surface area contributed by atoms with E-state index in [1.807, 2.05) is 52.8 Å². The predicted molar refractivity (Wildman–Crippen MR) is 257 cm³/mol. The highest BCUT2D eigenvalue weighted by Crippen LogP contribution is 2.51. The topological polar surface area (TPSA) is 275 Å². The molecule has 0 radical (unpaired) electrons. The number of carboxylic acid groups (broad SMARTS) is 1. The smallest absolute Gasteiger partial charge is 0.303 e. The van der Waals surface area contributed by atoms with E-state index in [-0.39, 0.29) is 37.1 Å². The van der Waals surface area contributed by atoms with Gasteiger partial charge in [-0.1, -0.05) is 18.6 Å². The summed E-state index contributed by atoms with van der Waals surface area (Å²) in [4.78, 5) is 12.8. The highest BCUT2D eigenvalue weighted by molar-refractivity contribution is 7.86. The molecule has 386 valence electrons. The molecular formula is C46H67N2O18S3+. The summed E-state index contributed by atoms with van der Waals surface area (Å²) in [5, 5.41) is 9.87. The Labute approximate surface area is 405 Å². The first-order valence-electron chi connectivity index (χ1n) is 22.7. The molecule has 0 saturated heterocycles. The zero-order valence-electron chi connectivity index (χ0n) is 39.2. The maximum atomic E-state index is 12.3. The van der Waals surface area contributed by atoms with Crippen LogP contribution in [0.4, 0.5) is 5.69 Å². The Morgan fingerprint density at radius 3 is 1.93 bits per heavy atom. The molecule has 1 atom stereocenters. The van der Waals surface area contributed by atoms with Crippen molar-refractivity contribution in [1.82, 2.24) is 4.58 Å². The van der Waals surface area contributed by atoms with E-state index in [1.54, 1.807) is 19.2 Å². The van der Waals surface area contributed by atoms with Gasteiger partial charge < -0.3 is 42.8 Å². The maximum absolute atomic E-state index is 12.3. The standard InChI is InChI=1S/C46H66N2O18S3/c1-46(17-7-33-67(51,52)53)41-36-39(69(57,58)59)13-15-42(41)48(19-5-3-4-11-45(49)50)44(46)10-6-9-37-16-21-66-43-35-38(12-14-40(37)43)47(18-8-34-68(54,55)56)20-22-61-25-26-63-29-30-65-32-31-64-28-27-62-24-23-60-2/h6,9-10,12-16,21,35-36H,3-5,7-8,11,17-20,22-34H2,1-2H3,(H3-,49,50,51,52,53,54,55,56,57,58,59)/p+1. The second-order valence-electron chi connectivity index (χ2n) is 16.4. The van der Waals surface area contributed by atoms with Gasteiger partial charge in [0.25, 0.3) is 30.4 Å². The number of allylic oxidation sites excluding steroid dienone is 3. The zero-order valence-corrected chi connectivity index (χ0v) is 41.7. The minimum Gasteiger partial charge on any atom is -0.481 e. The number of hydrogen-bond acceptors (Lipinski definition) is 15. The van der Waals surface area contributed by atoms with Crippen molar-refractivity contribution in [3.8, 4) is 11.3 Å². The SMILES string of the molecule is COCCOCCOCCOCCOCCOCC[N+](CCCS(=O)(=O)O)=c1ccc2c(/C=C/C=C3/N(CCCCCC(=O)O)c4ccc(S(=O)(=O)O)cc4C3(C)CCCS(=O)(=O)O)ccoc-2c1. The number of ether oxygens (including phenoxy) is 6. The molecule has 1 aromatic rings. The molecule has 4 rings (SSSR count). The number of aliphatic carboxylic acids is 1. The van der Waals surface area contributed by atoms with Crippen molar-refractivity contribution in [1.29, 1.82) is 0 Å².